The second-order valence-corrected chi connectivity index (χ2v) is 9.24. The number of rotatable bonds is 11. The number of hydrogen-bond acceptors (Lipinski definition) is 7. The molecule has 0 spiro atoms. The second kappa shape index (κ2) is 12.2. The highest BCUT2D eigenvalue weighted by molar-refractivity contribution is 5.78. The summed E-state index contributed by atoms with van der Waals surface area (Å²) < 4.78 is 7.17. The zero-order valence-corrected chi connectivity index (χ0v) is 21.4. The maximum atomic E-state index is 12.5. The third kappa shape index (κ3) is 7.41. The number of ether oxygens (including phenoxy) is 1. The predicted molar refractivity (Wildman–Crippen MR) is 144 cm³/mol. The maximum absolute atomic E-state index is 12.5. The molecule has 0 saturated heterocycles. The first-order valence-electron chi connectivity index (χ1n) is 12.2. The minimum atomic E-state index is -0.186. The van der Waals surface area contributed by atoms with Crippen LogP contribution in [0.5, 0.6) is 5.75 Å². The Morgan fingerprint density at radius 3 is 2.41 bits per heavy atom. The molecule has 2 heterocycles. The Bertz CT molecular complexity index is 1400. The summed E-state index contributed by atoms with van der Waals surface area (Å²) in [7, 11) is 4.07. The third-order valence-corrected chi connectivity index (χ3v) is 5.73. The second-order valence-electron chi connectivity index (χ2n) is 9.24. The van der Waals surface area contributed by atoms with Gasteiger partial charge < -0.3 is 9.64 Å². The molecule has 0 unspecified atom stereocenters. The summed E-state index contributed by atoms with van der Waals surface area (Å²) in [4.78, 5) is 34.9. The van der Waals surface area contributed by atoms with Crippen LogP contribution in [0.25, 0.3) is 22.6 Å². The van der Waals surface area contributed by atoms with Gasteiger partial charge >= 0.3 is 0 Å². The largest absolute Gasteiger partial charge is 0.490 e. The monoisotopic (exact) mass is 497 g/mol. The van der Waals surface area contributed by atoms with Gasteiger partial charge in [0.15, 0.2) is 11.6 Å². The van der Waals surface area contributed by atoms with Crippen LogP contribution >= 0.6 is 0 Å². The van der Waals surface area contributed by atoms with Gasteiger partial charge in [0, 0.05) is 30.2 Å². The van der Waals surface area contributed by atoms with Crippen molar-refractivity contribution in [1.29, 1.82) is 0 Å². The van der Waals surface area contributed by atoms with E-state index in [-0.39, 0.29) is 11.3 Å². The third-order valence-electron chi connectivity index (χ3n) is 5.73. The van der Waals surface area contributed by atoms with Gasteiger partial charge in [0.1, 0.15) is 5.78 Å². The Morgan fingerprint density at radius 1 is 0.946 bits per heavy atom. The van der Waals surface area contributed by atoms with E-state index in [1.54, 1.807) is 25.4 Å². The molecular formula is C29H31N5O3. The average molecular weight is 498 g/mol. The van der Waals surface area contributed by atoms with E-state index < -0.39 is 0 Å². The van der Waals surface area contributed by atoms with Crippen LogP contribution in [-0.2, 0) is 17.8 Å². The van der Waals surface area contributed by atoms with Crippen LogP contribution in [0.1, 0.15) is 24.5 Å². The predicted octanol–water partition coefficient (Wildman–Crippen LogP) is 3.88. The van der Waals surface area contributed by atoms with Crippen molar-refractivity contribution >= 4 is 5.78 Å². The molecule has 0 aliphatic carbocycles. The highest BCUT2D eigenvalue weighted by Gasteiger charge is 2.08. The average Bonchev–Trinajstić information content (AvgIpc) is 2.88. The molecule has 4 rings (SSSR count). The van der Waals surface area contributed by atoms with Gasteiger partial charge in [0.2, 0.25) is 0 Å². The smallest absolute Gasteiger partial charge is 0.267 e. The van der Waals surface area contributed by atoms with E-state index in [1.807, 2.05) is 62.6 Å². The summed E-state index contributed by atoms with van der Waals surface area (Å²) >= 11 is 0. The lowest BCUT2D eigenvalue weighted by molar-refractivity contribution is -0.116. The van der Waals surface area contributed by atoms with Crippen LogP contribution in [0.3, 0.4) is 0 Å². The molecule has 8 heteroatoms. The van der Waals surface area contributed by atoms with Gasteiger partial charge in [0.05, 0.1) is 31.2 Å². The normalized spacial score (nSPS) is 11.0. The Morgan fingerprint density at radius 2 is 1.70 bits per heavy atom. The maximum Gasteiger partial charge on any atom is 0.267 e. The first-order chi connectivity index (χ1) is 17.9. The van der Waals surface area contributed by atoms with Crippen LogP contribution < -0.4 is 10.3 Å². The number of hydrogen-bond donors (Lipinski definition) is 0. The molecule has 4 aromatic rings. The number of ketones is 1. The fourth-order valence-corrected chi connectivity index (χ4v) is 3.89. The number of nitrogens with zero attached hydrogens (tertiary/aromatic N) is 5. The van der Waals surface area contributed by atoms with Crippen molar-refractivity contribution < 1.29 is 9.53 Å². The zero-order chi connectivity index (χ0) is 26.2. The number of Topliss-reactive ketones (excluding diaryl/α,β-unsaturated/α-hetero) is 1. The number of carbonyl (C=O) groups is 1. The number of carbonyl (C=O) groups excluding carboxylic acids is 1. The zero-order valence-electron chi connectivity index (χ0n) is 21.4. The van der Waals surface area contributed by atoms with Crippen molar-refractivity contribution in [2.24, 2.45) is 0 Å². The Hall–Kier alpha value is -4.17. The molecule has 2 aromatic heterocycles. The lowest BCUT2D eigenvalue weighted by atomic mass is 10.1. The minimum absolute atomic E-state index is 0.118. The summed E-state index contributed by atoms with van der Waals surface area (Å²) in [5, 5.41) is 4.58. The summed E-state index contributed by atoms with van der Waals surface area (Å²) in [6, 6.07) is 18.7. The van der Waals surface area contributed by atoms with Crippen LogP contribution in [-0.4, -0.2) is 57.7 Å². The Labute approximate surface area is 216 Å². The molecule has 0 atom stereocenters. The molecule has 2 aromatic carbocycles. The Balaban J connectivity index is 1.46. The quantitative estimate of drug-likeness (QED) is 0.291. The summed E-state index contributed by atoms with van der Waals surface area (Å²) in [6.45, 7) is 3.46. The van der Waals surface area contributed by atoms with Crippen LogP contribution in [0.2, 0.25) is 0 Å². The molecule has 0 aliphatic heterocycles. The highest BCUT2D eigenvalue weighted by atomic mass is 16.5. The highest BCUT2D eigenvalue weighted by Crippen LogP contribution is 2.20. The van der Waals surface area contributed by atoms with Gasteiger partial charge in [-0.05, 0) is 50.7 Å². The lowest BCUT2D eigenvalue weighted by Gasteiger charge is -2.10. The molecule has 0 aliphatic rings. The van der Waals surface area contributed by atoms with E-state index in [0.29, 0.717) is 36.8 Å². The molecule has 0 fully saturated rings. The first-order valence-corrected chi connectivity index (χ1v) is 12.2. The fraction of sp³-hybridized carbons (Fsp3) is 0.276. The molecular weight excluding hydrogens is 466 g/mol. The molecule has 37 heavy (non-hydrogen) atoms. The van der Waals surface area contributed by atoms with Crippen molar-refractivity contribution in [1.82, 2.24) is 24.6 Å². The topological polar surface area (TPSA) is 90.2 Å². The van der Waals surface area contributed by atoms with Gasteiger partial charge in [0.25, 0.3) is 5.56 Å². The van der Waals surface area contributed by atoms with Crippen LogP contribution in [0.4, 0.5) is 0 Å². The van der Waals surface area contributed by atoms with Crippen molar-refractivity contribution in [2.45, 2.75) is 26.3 Å². The van der Waals surface area contributed by atoms with E-state index in [2.05, 4.69) is 20.0 Å². The number of aromatic nitrogens is 4. The van der Waals surface area contributed by atoms with Crippen molar-refractivity contribution in [3.05, 3.63) is 94.5 Å². The van der Waals surface area contributed by atoms with Crippen molar-refractivity contribution in [3.8, 4) is 28.4 Å². The Kier molecular flexibility index (Phi) is 8.53. The van der Waals surface area contributed by atoms with Crippen LogP contribution in [0, 0.1) is 0 Å². The molecule has 190 valence electrons. The van der Waals surface area contributed by atoms with E-state index in [0.717, 1.165) is 35.2 Å². The molecule has 0 amide bonds. The van der Waals surface area contributed by atoms with Gasteiger partial charge in [-0.15, -0.1) is 0 Å². The van der Waals surface area contributed by atoms with Gasteiger partial charge in [-0.1, -0.05) is 42.5 Å². The van der Waals surface area contributed by atoms with Gasteiger partial charge in [-0.2, -0.15) is 5.10 Å². The van der Waals surface area contributed by atoms with Gasteiger partial charge in [-0.25, -0.2) is 14.6 Å². The van der Waals surface area contributed by atoms with Gasteiger partial charge in [-0.3, -0.25) is 9.59 Å². The molecule has 0 N–H and O–H groups in total. The van der Waals surface area contributed by atoms with Crippen LogP contribution in [0.15, 0.2) is 77.9 Å². The first kappa shape index (κ1) is 25.9. The van der Waals surface area contributed by atoms with E-state index >= 15 is 0 Å². The van der Waals surface area contributed by atoms with E-state index in [1.165, 1.54) is 10.7 Å². The van der Waals surface area contributed by atoms with E-state index in [9.17, 15) is 9.59 Å². The summed E-state index contributed by atoms with van der Waals surface area (Å²) in [5.74, 6) is 1.34. The SMILES string of the molecule is CC(=O)Cc1ccc(-c2ccc(=O)n(Cc3cccc(-c4ncc(OCCCN(C)C)cn4)c3)n2)cc1. The van der Waals surface area contributed by atoms with Crippen molar-refractivity contribution in [3.63, 3.8) is 0 Å². The summed E-state index contributed by atoms with van der Waals surface area (Å²) in [5.41, 5.74) is 4.10. The minimum Gasteiger partial charge on any atom is -0.490 e. The molecule has 0 radical (unpaired) electrons. The summed E-state index contributed by atoms with van der Waals surface area (Å²) in [6.07, 6.45) is 4.69. The van der Waals surface area contributed by atoms with Crippen molar-refractivity contribution in [2.75, 3.05) is 27.2 Å². The van der Waals surface area contributed by atoms with E-state index in [4.69, 9.17) is 4.74 Å². The molecule has 0 saturated carbocycles. The molecule has 0 bridgehead atoms. The molecule has 8 nitrogen and oxygen atoms in total. The standard InChI is InChI=1S/C29H31N5O3/c1-21(35)16-22-8-10-24(11-9-22)27-12-13-28(36)34(32-27)20-23-6-4-7-25(17-23)29-30-18-26(19-31-29)37-15-5-14-33(2)3/h4,6-13,17-19H,5,14-16,20H2,1-3H3. The lowest BCUT2D eigenvalue weighted by Crippen LogP contribution is -2.22. The fourth-order valence-electron chi connectivity index (χ4n) is 3.89. The number of benzene rings is 2.